The van der Waals surface area contributed by atoms with Gasteiger partial charge in [-0.15, -0.1) is 5.10 Å². The number of carbonyl (C=O) groups is 1. The van der Waals surface area contributed by atoms with Crippen LogP contribution in [0.2, 0.25) is 5.02 Å². The Hall–Kier alpha value is -3.39. The first-order valence-corrected chi connectivity index (χ1v) is 11.5. The summed E-state index contributed by atoms with van der Waals surface area (Å²) in [6.45, 7) is 2.12. The molecular weight excluding hydrogens is 440 g/mol. The molecule has 0 radical (unpaired) electrons. The zero-order valence-electron chi connectivity index (χ0n) is 18.5. The van der Waals surface area contributed by atoms with Gasteiger partial charge in [0.05, 0.1) is 10.4 Å². The van der Waals surface area contributed by atoms with Gasteiger partial charge in [-0.05, 0) is 42.8 Å². The summed E-state index contributed by atoms with van der Waals surface area (Å²) in [5.41, 5.74) is 12.4. The number of anilines is 1. The number of carbonyl (C=O) groups excluding carboxylic acids is 1. The van der Waals surface area contributed by atoms with Crippen LogP contribution in [0.4, 0.5) is 5.82 Å². The molecule has 172 valence electrons. The first-order valence-electron chi connectivity index (χ1n) is 11.1. The fourth-order valence-electron chi connectivity index (χ4n) is 4.54. The van der Waals surface area contributed by atoms with Crippen LogP contribution in [0.3, 0.4) is 0 Å². The molecule has 1 aromatic carbocycles. The summed E-state index contributed by atoms with van der Waals surface area (Å²) >= 11 is 6.26. The quantitative estimate of drug-likeness (QED) is 0.470. The third-order valence-electron chi connectivity index (χ3n) is 6.08. The van der Waals surface area contributed by atoms with Gasteiger partial charge in [0.25, 0.3) is 11.5 Å². The number of aryl methyl sites for hydroxylation is 1. The summed E-state index contributed by atoms with van der Waals surface area (Å²) in [7, 11) is 0. The van der Waals surface area contributed by atoms with E-state index in [2.05, 4.69) is 23.1 Å². The van der Waals surface area contributed by atoms with Gasteiger partial charge >= 0.3 is 0 Å². The van der Waals surface area contributed by atoms with Crippen molar-refractivity contribution in [3.8, 4) is 0 Å². The molecule has 0 aliphatic heterocycles. The highest BCUT2D eigenvalue weighted by Gasteiger charge is 2.20. The molecule has 9 heteroatoms. The highest BCUT2D eigenvalue weighted by Crippen LogP contribution is 2.30. The third-order valence-corrected chi connectivity index (χ3v) is 6.40. The normalized spacial score (nSPS) is 14.2. The minimum Gasteiger partial charge on any atom is -0.381 e. The Balaban J connectivity index is 0.000000172. The van der Waals surface area contributed by atoms with Crippen molar-refractivity contribution in [2.24, 2.45) is 5.73 Å². The van der Waals surface area contributed by atoms with Gasteiger partial charge < -0.3 is 16.0 Å². The molecular formula is C24H27ClN6O2. The molecule has 4 aromatic rings. The number of pyridine rings is 1. The molecule has 1 amide bonds. The Morgan fingerprint density at radius 2 is 1.97 bits per heavy atom. The first-order chi connectivity index (χ1) is 15.9. The zero-order chi connectivity index (χ0) is 23.5. The molecule has 8 nitrogen and oxygen atoms in total. The van der Waals surface area contributed by atoms with E-state index in [-0.39, 0.29) is 16.9 Å². The Morgan fingerprint density at radius 3 is 2.67 bits per heavy atom. The number of nitrogens with two attached hydrogens (primary N) is 2. The zero-order valence-corrected chi connectivity index (χ0v) is 19.3. The molecule has 4 N–H and O–H groups in total. The molecule has 0 bridgehead atoms. The first kappa shape index (κ1) is 22.8. The van der Waals surface area contributed by atoms with Crippen molar-refractivity contribution in [2.45, 2.75) is 51.5 Å². The largest absolute Gasteiger partial charge is 0.381 e. The molecule has 5 rings (SSSR count). The Bertz CT molecular complexity index is 1370. The molecule has 1 saturated carbocycles. The van der Waals surface area contributed by atoms with Crippen molar-refractivity contribution in [3.05, 3.63) is 69.4 Å². The van der Waals surface area contributed by atoms with E-state index in [1.807, 2.05) is 22.8 Å². The van der Waals surface area contributed by atoms with E-state index in [1.165, 1.54) is 23.8 Å². The Morgan fingerprint density at radius 1 is 1.21 bits per heavy atom. The summed E-state index contributed by atoms with van der Waals surface area (Å²) in [6.07, 6.45) is 10.0. The van der Waals surface area contributed by atoms with Crippen molar-refractivity contribution in [1.29, 1.82) is 0 Å². The number of aromatic nitrogens is 4. The van der Waals surface area contributed by atoms with Crippen molar-refractivity contribution in [3.63, 3.8) is 0 Å². The number of nitrogen functional groups attached to an aromatic ring is 1. The lowest BCUT2D eigenvalue weighted by molar-refractivity contribution is 0.100. The van der Waals surface area contributed by atoms with E-state index in [9.17, 15) is 9.59 Å². The van der Waals surface area contributed by atoms with Gasteiger partial charge in [-0.2, -0.15) is 0 Å². The number of halogens is 1. The Labute approximate surface area is 196 Å². The van der Waals surface area contributed by atoms with Crippen LogP contribution in [0.5, 0.6) is 0 Å². The smallest absolute Gasteiger partial charge is 0.260 e. The van der Waals surface area contributed by atoms with Crippen molar-refractivity contribution in [1.82, 2.24) is 19.2 Å². The van der Waals surface area contributed by atoms with E-state index in [4.69, 9.17) is 23.1 Å². The molecule has 3 heterocycles. The number of nitrogens with zero attached hydrogens (tertiary/aromatic N) is 4. The lowest BCUT2D eigenvalue weighted by Gasteiger charge is -2.27. The summed E-state index contributed by atoms with van der Waals surface area (Å²) in [4.78, 5) is 27.8. The molecule has 1 aliphatic carbocycles. The van der Waals surface area contributed by atoms with Gasteiger partial charge in [0.1, 0.15) is 5.56 Å². The van der Waals surface area contributed by atoms with Crippen LogP contribution in [0.1, 0.15) is 61.1 Å². The van der Waals surface area contributed by atoms with Gasteiger partial charge in [-0.1, -0.05) is 49.9 Å². The number of rotatable bonds is 3. The van der Waals surface area contributed by atoms with Gasteiger partial charge in [0.2, 0.25) is 0 Å². The average Bonchev–Trinajstić information content (AvgIpc) is 3.15. The summed E-state index contributed by atoms with van der Waals surface area (Å²) < 4.78 is 3.43. The molecule has 1 fully saturated rings. The Kier molecular flexibility index (Phi) is 6.65. The summed E-state index contributed by atoms with van der Waals surface area (Å²) in [5, 5.41) is 6.08. The maximum absolute atomic E-state index is 12.9. The van der Waals surface area contributed by atoms with E-state index in [0.717, 1.165) is 30.3 Å². The van der Waals surface area contributed by atoms with E-state index >= 15 is 0 Å². The number of hydrogen-bond donors (Lipinski definition) is 2. The average molecular weight is 467 g/mol. The van der Waals surface area contributed by atoms with Crippen LogP contribution in [0.25, 0.3) is 16.4 Å². The van der Waals surface area contributed by atoms with Gasteiger partial charge in [-0.25, -0.2) is 9.50 Å². The maximum Gasteiger partial charge on any atom is 0.260 e. The third kappa shape index (κ3) is 4.43. The number of fused-ring (bicyclic) bond motifs is 2. The second-order valence-electron chi connectivity index (χ2n) is 8.17. The van der Waals surface area contributed by atoms with E-state index in [1.54, 1.807) is 18.5 Å². The molecule has 1 aliphatic rings. The van der Waals surface area contributed by atoms with Crippen LogP contribution < -0.4 is 17.0 Å². The minimum absolute atomic E-state index is 0.0943. The fraction of sp³-hybridized carbons (Fsp3) is 0.333. The lowest BCUT2D eigenvalue weighted by Crippen LogP contribution is -2.29. The molecule has 0 spiro atoms. The lowest BCUT2D eigenvalue weighted by atomic mass is 9.94. The summed E-state index contributed by atoms with van der Waals surface area (Å²) in [5.74, 6) is -0.516. The SMILES string of the molecule is CCc1cc2cccc(Cl)c2c(=O)n1C1CCCCC1.NC(=O)c1c(N)nn2cccnc12. The van der Waals surface area contributed by atoms with Gasteiger partial charge in [0.15, 0.2) is 11.5 Å². The summed E-state index contributed by atoms with van der Waals surface area (Å²) in [6, 6.07) is 9.87. The number of hydrogen-bond acceptors (Lipinski definition) is 5. The van der Waals surface area contributed by atoms with Crippen molar-refractivity contribution >= 4 is 39.7 Å². The van der Waals surface area contributed by atoms with E-state index in [0.29, 0.717) is 22.1 Å². The van der Waals surface area contributed by atoms with Crippen LogP contribution in [-0.4, -0.2) is 25.1 Å². The molecule has 33 heavy (non-hydrogen) atoms. The van der Waals surface area contributed by atoms with Crippen LogP contribution in [0, 0.1) is 0 Å². The van der Waals surface area contributed by atoms with Crippen molar-refractivity contribution in [2.75, 3.05) is 5.73 Å². The molecule has 0 atom stereocenters. The van der Waals surface area contributed by atoms with Crippen LogP contribution in [-0.2, 0) is 6.42 Å². The number of primary amides is 1. The van der Waals surface area contributed by atoms with Crippen LogP contribution in [0.15, 0.2) is 47.5 Å². The second kappa shape index (κ2) is 9.62. The van der Waals surface area contributed by atoms with Gasteiger partial charge in [-0.3, -0.25) is 9.59 Å². The fourth-order valence-corrected chi connectivity index (χ4v) is 4.80. The standard InChI is InChI=1S/C17H20ClNO.C7H7N5O/c1-2-13-11-12-7-6-10-15(18)16(12)17(20)19(13)14-8-4-3-5-9-14;8-5-4(6(9)13)7-10-2-1-3-12(7)11-5/h6-7,10-11,14H,2-5,8-9H2,1H3;1-3H,(H2,8,11)(H2,9,13). The highest BCUT2D eigenvalue weighted by molar-refractivity contribution is 6.35. The second-order valence-corrected chi connectivity index (χ2v) is 8.58. The molecule has 0 unspecified atom stereocenters. The monoisotopic (exact) mass is 466 g/mol. The molecule has 0 saturated heterocycles. The predicted octanol–water partition coefficient (Wildman–Crippen LogP) is 4.13. The highest BCUT2D eigenvalue weighted by atomic mass is 35.5. The number of amides is 1. The predicted molar refractivity (Wildman–Crippen MR) is 131 cm³/mol. The topological polar surface area (TPSA) is 121 Å². The minimum atomic E-state index is -0.619. The van der Waals surface area contributed by atoms with Gasteiger partial charge in [0, 0.05) is 24.1 Å². The van der Waals surface area contributed by atoms with Crippen molar-refractivity contribution < 1.29 is 4.79 Å². The molecule has 3 aromatic heterocycles. The number of benzene rings is 1. The maximum atomic E-state index is 12.9. The van der Waals surface area contributed by atoms with Crippen LogP contribution >= 0.6 is 11.6 Å². The van der Waals surface area contributed by atoms with E-state index < -0.39 is 5.91 Å².